The SMILES string of the molecule is Cc1c(NC(=S)NC(C)(C)CC(C)(C)C)c(=O)n(-c2ccccc2)n1C. The Morgan fingerprint density at radius 3 is 2.23 bits per heavy atom. The Morgan fingerprint density at radius 2 is 1.69 bits per heavy atom. The van der Waals surface area contributed by atoms with Gasteiger partial charge in [-0.25, -0.2) is 4.68 Å². The fourth-order valence-corrected chi connectivity index (χ4v) is 3.91. The van der Waals surface area contributed by atoms with Crippen LogP contribution in [-0.2, 0) is 7.05 Å². The van der Waals surface area contributed by atoms with Crippen LogP contribution in [0.4, 0.5) is 5.69 Å². The molecule has 0 aliphatic rings. The number of thiocarbonyl (C=S) groups is 1. The number of rotatable bonds is 4. The summed E-state index contributed by atoms with van der Waals surface area (Å²) in [4.78, 5) is 12.9. The molecule has 1 aromatic carbocycles. The van der Waals surface area contributed by atoms with Gasteiger partial charge in [0.15, 0.2) is 5.11 Å². The number of benzene rings is 1. The summed E-state index contributed by atoms with van der Waals surface area (Å²) < 4.78 is 3.48. The number of nitrogens with zero attached hydrogens (tertiary/aromatic N) is 2. The van der Waals surface area contributed by atoms with E-state index in [1.54, 1.807) is 4.68 Å². The van der Waals surface area contributed by atoms with E-state index in [4.69, 9.17) is 12.2 Å². The molecule has 26 heavy (non-hydrogen) atoms. The summed E-state index contributed by atoms with van der Waals surface area (Å²) in [5, 5.41) is 6.93. The Hall–Kier alpha value is -2.08. The van der Waals surface area contributed by atoms with Crippen molar-refractivity contribution in [2.24, 2.45) is 12.5 Å². The van der Waals surface area contributed by atoms with Crippen molar-refractivity contribution in [3.63, 3.8) is 0 Å². The molecule has 0 atom stereocenters. The fraction of sp³-hybridized carbons (Fsp3) is 0.500. The largest absolute Gasteiger partial charge is 0.358 e. The highest BCUT2D eigenvalue weighted by molar-refractivity contribution is 7.80. The smallest absolute Gasteiger partial charge is 0.295 e. The van der Waals surface area contributed by atoms with Crippen LogP contribution in [0.15, 0.2) is 35.1 Å². The molecule has 2 aromatic rings. The van der Waals surface area contributed by atoms with Crippen molar-refractivity contribution in [2.75, 3.05) is 5.32 Å². The summed E-state index contributed by atoms with van der Waals surface area (Å²) in [5.41, 5.74) is 2.03. The molecule has 0 saturated heterocycles. The van der Waals surface area contributed by atoms with Crippen LogP contribution in [0.3, 0.4) is 0 Å². The molecule has 5 nitrogen and oxygen atoms in total. The van der Waals surface area contributed by atoms with E-state index in [-0.39, 0.29) is 16.5 Å². The van der Waals surface area contributed by atoms with Gasteiger partial charge in [0.2, 0.25) is 0 Å². The van der Waals surface area contributed by atoms with E-state index in [1.807, 2.05) is 49.0 Å². The van der Waals surface area contributed by atoms with E-state index in [0.29, 0.717) is 10.8 Å². The molecule has 0 saturated carbocycles. The normalized spacial score (nSPS) is 12.1. The third-order valence-corrected chi connectivity index (χ3v) is 4.42. The average molecular weight is 375 g/mol. The standard InChI is InChI=1S/C20H30N4OS/c1-14-16(21-18(26)22-20(5,6)13-19(2,3)4)17(25)24(23(14)7)15-11-9-8-10-12-15/h8-12H,13H2,1-7H3,(H2,21,22,26). The van der Waals surface area contributed by atoms with Gasteiger partial charge in [-0.2, -0.15) is 0 Å². The first-order chi connectivity index (χ1) is 11.9. The van der Waals surface area contributed by atoms with Crippen molar-refractivity contribution in [3.8, 4) is 5.69 Å². The molecule has 0 aliphatic heterocycles. The van der Waals surface area contributed by atoms with Crippen molar-refractivity contribution in [1.82, 2.24) is 14.7 Å². The lowest BCUT2D eigenvalue weighted by Gasteiger charge is -2.34. The molecule has 1 heterocycles. The quantitative estimate of drug-likeness (QED) is 0.795. The Kier molecular flexibility index (Phi) is 5.66. The summed E-state index contributed by atoms with van der Waals surface area (Å²) >= 11 is 5.48. The van der Waals surface area contributed by atoms with Crippen LogP contribution in [0, 0.1) is 12.3 Å². The van der Waals surface area contributed by atoms with Gasteiger partial charge in [0.25, 0.3) is 5.56 Å². The third kappa shape index (κ3) is 4.75. The zero-order chi connectivity index (χ0) is 19.7. The van der Waals surface area contributed by atoms with Crippen LogP contribution in [0.2, 0.25) is 0 Å². The number of aromatic nitrogens is 2. The van der Waals surface area contributed by atoms with Gasteiger partial charge in [-0.15, -0.1) is 0 Å². The maximum Gasteiger partial charge on any atom is 0.295 e. The van der Waals surface area contributed by atoms with Gasteiger partial charge in [-0.1, -0.05) is 39.0 Å². The van der Waals surface area contributed by atoms with Crippen LogP contribution in [0.25, 0.3) is 5.69 Å². The predicted octanol–water partition coefficient (Wildman–Crippen LogP) is 3.99. The van der Waals surface area contributed by atoms with Crippen molar-refractivity contribution in [2.45, 2.75) is 53.5 Å². The van der Waals surface area contributed by atoms with Gasteiger partial charge in [-0.3, -0.25) is 9.48 Å². The molecule has 0 bridgehead atoms. The second-order valence-corrected chi connectivity index (χ2v) is 9.05. The topological polar surface area (TPSA) is 51.0 Å². The number of hydrogen-bond donors (Lipinski definition) is 2. The molecule has 2 N–H and O–H groups in total. The lowest BCUT2D eigenvalue weighted by Crippen LogP contribution is -2.47. The molecule has 0 unspecified atom stereocenters. The minimum absolute atomic E-state index is 0.117. The van der Waals surface area contributed by atoms with E-state index in [2.05, 4.69) is 45.3 Å². The Balaban J connectivity index is 2.26. The highest BCUT2D eigenvalue weighted by Crippen LogP contribution is 2.27. The van der Waals surface area contributed by atoms with Crippen LogP contribution < -0.4 is 16.2 Å². The minimum atomic E-state index is -0.177. The molecule has 142 valence electrons. The summed E-state index contributed by atoms with van der Waals surface area (Å²) in [7, 11) is 1.87. The molecule has 0 aliphatic carbocycles. The van der Waals surface area contributed by atoms with Crippen LogP contribution in [0.5, 0.6) is 0 Å². The van der Waals surface area contributed by atoms with Crippen LogP contribution in [0.1, 0.15) is 46.7 Å². The molecule has 6 heteroatoms. The van der Waals surface area contributed by atoms with Crippen molar-refractivity contribution in [3.05, 3.63) is 46.4 Å². The molecule has 0 radical (unpaired) electrons. The Labute approximate surface area is 161 Å². The van der Waals surface area contributed by atoms with Gasteiger partial charge in [-0.05, 0) is 57.0 Å². The number of nitrogens with one attached hydrogen (secondary N) is 2. The highest BCUT2D eigenvalue weighted by Gasteiger charge is 2.26. The fourth-order valence-electron chi connectivity index (χ4n) is 3.53. The van der Waals surface area contributed by atoms with E-state index in [0.717, 1.165) is 17.8 Å². The zero-order valence-electron chi connectivity index (χ0n) is 16.8. The number of anilines is 1. The van der Waals surface area contributed by atoms with Gasteiger partial charge < -0.3 is 10.6 Å². The zero-order valence-corrected chi connectivity index (χ0v) is 17.6. The van der Waals surface area contributed by atoms with Gasteiger partial charge in [0, 0.05) is 12.6 Å². The maximum absolute atomic E-state index is 12.9. The average Bonchev–Trinajstić information content (AvgIpc) is 2.69. The van der Waals surface area contributed by atoms with Gasteiger partial charge in [0.1, 0.15) is 5.69 Å². The Bertz CT molecular complexity index is 841. The maximum atomic E-state index is 12.9. The first-order valence-corrected chi connectivity index (χ1v) is 9.25. The lowest BCUT2D eigenvalue weighted by molar-refractivity contribution is 0.268. The van der Waals surface area contributed by atoms with E-state index in [1.165, 1.54) is 0 Å². The van der Waals surface area contributed by atoms with Gasteiger partial charge in [0.05, 0.1) is 11.4 Å². The Morgan fingerprint density at radius 1 is 1.12 bits per heavy atom. The van der Waals surface area contributed by atoms with E-state index in [9.17, 15) is 4.79 Å². The summed E-state index contributed by atoms with van der Waals surface area (Å²) in [6, 6.07) is 9.58. The predicted molar refractivity (Wildman–Crippen MR) is 113 cm³/mol. The van der Waals surface area contributed by atoms with E-state index < -0.39 is 0 Å². The molecule has 0 fully saturated rings. The van der Waals surface area contributed by atoms with E-state index >= 15 is 0 Å². The summed E-state index contributed by atoms with van der Waals surface area (Å²) in [6.45, 7) is 12.7. The molecule has 1 aromatic heterocycles. The first kappa shape index (κ1) is 20.2. The monoisotopic (exact) mass is 374 g/mol. The molecule has 0 amide bonds. The van der Waals surface area contributed by atoms with Crippen LogP contribution >= 0.6 is 12.2 Å². The molecule has 0 spiro atoms. The summed E-state index contributed by atoms with van der Waals surface area (Å²) in [5.74, 6) is 0. The minimum Gasteiger partial charge on any atom is -0.358 e. The highest BCUT2D eigenvalue weighted by atomic mass is 32.1. The first-order valence-electron chi connectivity index (χ1n) is 8.84. The molecule has 2 rings (SSSR count). The van der Waals surface area contributed by atoms with Crippen molar-refractivity contribution >= 4 is 23.0 Å². The molecular weight excluding hydrogens is 344 g/mol. The summed E-state index contributed by atoms with van der Waals surface area (Å²) in [6.07, 6.45) is 0.948. The van der Waals surface area contributed by atoms with Gasteiger partial charge >= 0.3 is 0 Å². The lowest BCUT2D eigenvalue weighted by atomic mass is 9.82. The second kappa shape index (κ2) is 7.27. The molecular formula is C20H30N4OS. The number of hydrogen-bond acceptors (Lipinski definition) is 2. The second-order valence-electron chi connectivity index (χ2n) is 8.64. The third-order valence-electron chi connectivity index (χ3n) is 4.22. The van der Waals surface area contributed by atoms with Crippen LogP contribution in [-0.4, -0.2) is 20.0 Å². The van der Waals surface area contributed by atoms with Crippen molar-refractivity contribution < 1.29 is 0 Å². The van der Waals surface area contributed by atoms with Crippen molar-refractivity contribution in [1.29, 1.82) is 0 Å². The number of para-hydroxylation sites is 1.